The van der Waals surface area contributed by atoms with Crippen molar-refractivity contribution in [3.05, 3.63) is 12.2 Å². The van der Waals surface area contributed by atoms with Gasteiger partial charge in [0.15, 0.2) is 0 Å². The maximum atomic E-state index is 2.39. The zero-order valence-electron chi connectivity index (χ0n) is 5.41. The van der Waals surface area contributed by atoms with Crippen LogP contribution in [0.2, 0.25) is 0 Å². The summed E-state index contributed by atoms with van der Waals surface area (Å²) in [5, 5.41) is 0.868. The topological polar surface area (TPSA) is 0 Å². The fourth-order valence-corrected chi connectivity index (χ4v) is 4.19. The molecule has 0 aromatic carbocycles. The summed E-state index contributed by atoms with van der Waals surface area (Å²) in [5.74, 6) is 0.898. The fraction of sp³-hybridized carbons (Fsp3) is 0.714. The lowest BCUT2D eigenvalue weighted by molar-refractivity contribution is 0.733. The van der Waals surface area contributed by atoms with Gasteiger partial charge < -0.3 is 0 Å². The molecule has 0 aromatic rings. The minimum absolute atomic E-state index is 0.868. The quantitative estimate of drug-likeness (QED) is 0.537. The molecule has 2 rings (SSSR count). The molecule has 0 saturated carbocycles. The molecule has 0 radical (unpaired) electrons. The fourth-order valence-electron chi connectivity index (χ4n) is 1.50. The Morgan fingerprint density at radius 3 is 2.78 bits per heavy atom. The number of allylic oxidation sites excluding steroid dienone is 1. The highest BCUT2D eigenvalue weighted by molar-refractivity contribution is 8.17. The van der Waals surface area contributed by atoms with Crippen molar-refractivity contribution in [1.82, 2.24) is 0 Å². The van der Waals surface area contributed by atoms with Gasteiger partial charge in [0.25, 0.3) is 0 Å². The van der Waals surface area contributed by atoms with Crippen molar-refractivity contribution in [3.8, 4) is 0 Å². The molecule has 0 spiro atoms. The van der Waals surface area contributed by atoms with E-state index in [-0.39, 0.29) is 0 Å². The normalized spacial score (nSPS) is 46.6. The molecule has 2 aliphatic rings. The first-order chi connectivity index (χ1) is 4.40. The number of rotatable bonds is 1. The maximum Gasteiger partial charge on any atom is 0.0568 e. The Hall–Kier alpha value is 0.440. The summed E-state index contributed by atoms with van der Waals surface area (Å²) < 4.78 is 0.875. The van der Waals surface area contributed by atoms with Crippen molar-refractivity contribution in [3.63, 3.8) is 0 Å². The third-order valence-electron chi connectivity index (χ3n) is 1.97. The van der Waals surface area contributed by atoms with E-state index >= 15 is 0 Å². The van der Waals surface area contributed by atoms with Crippen LogP contribution in [0.5, 0.6) is 0 Å². The van der Waals surface area contributed by atoms with E-state index in [9.17, 15) is 0 Å². The molecule has 2 heteroatoms. The summed E-state index contributed by atoms with van der Waals surface area (Å²) in [7, 11) is 0. The highest BCUT2D eigenvalue weighted by Crippen LogP contribution is 2.48. The van der Waals surface area contributed by atoms with Crippen LogP contribution in [0.25, 0.3) is 0 Å². The van der Waals surface area contributed by atoms with Gasteiger partial charge in [0.1, 0.15) is 0 Å². The van der Waals surface area contributed by atoms with E-state index in [1.165, 1.54) is 6.42 Å². The van der Waals surface area contributed by atoms with E-state index in [0.717, 1.165) is 15.7 Å². The van der Waals surface area contributed by atoms with Gasteiger partial charge in [-0.25, -0.2) is 0 Å². The Balaban J connectivity index is 2.10. The second-order valence-corrected chi connectivity index (χ2v) is 5.23. The molecule has 0 unspecified atom stereocenters. The number of hydrogen-bond acceptors (Lipinski definition) is 2. The standard InChI is InChI=1S/C7H10S2/c1-8-7-5-2-3-6(4-5)9-7/h2-3,5-7H,4H2,1H3/t5-,6+,7+/m1/s1. The first-order valence-electron chi connectivity index (χ1n) is 3.27. The molecule has 50 valence electrons. The highest BCUT2D eigenvalue weighted by Gasteiger charge is 2.35. The average molecular weight is 158 g/mol. The Morgan fingerprint density at radius 1 is 1.56 bits per heavy atom. The van der Waals surface area contributed by atoms with Gasteiger partial charge in [-0.2, -0.15) is 11.8 Å². The van der Waals surface area contributed by atoms with Crippen LogP contribution < -0.4 is 0 Å². The van der Waals surface area contributed by atoms with Gasteiger partial charge in [-0.3, -0.25) is 0 Å². The van der Waals surface area contributed by atoms with Crippen molar-refractivity contribution < 1.29 is 0 Å². The van der Waals surface area contributed by atoms with E-state index in [4.69, 9.17) is 0 Å². The van der Waals surface area contributed by atoms with E-state index in [1.807, 2.05) is 11.8 Å². The van der Waals surface area contributed by atoms with Crippen LogP contribution in [0.3, 0.4) is 0 Å². The largest absolute Gasteiger partial charge is 0.150 e. The SMILES string of the molecule is CS[C@H]1S[C@H]2C=C[C@@H]1C2. The van der Waals surface area contributed by atoms with E-state index < -0.39 is 0 Å². The lowest BCUT2D eigenvalue weighted by Gasteiger charge is -2.13. The van der Waals surface area contributed by atoms with Crippen molar-refractivity contribution in [2.75, 3.05) is 6.26 Å². The Kier molecular flexibility index (Phi) is 1.54. The Labute approximate surface area is 64.5 Å². The summed E-state index contributed by atoms with van der Waals surface area (Å²) in [6.45, 7) is 0. The van der Waals surface area contributed by atoms with Gasteiger partial charge in [0.05, 0.1) is 4.58 Å². The van der Waals surface area contributed by atoms with Crippen LogP contribution in [0.15, 0.2) is 12.2 Å². The molecular weight excluding hydrogens is 148 g/mol. The second-order valence-electron chi connectivity index (χ2n) is 2.56. The first-order valence-corrected chi connectivity index (χ1v) is 5.50. The van der Waals surface area contributed by atoms with Crippen LogP contribution in [0.1, 0.15) is 6.42 Å². The molecule has 0 nitrogen and oxygen atoms in total. The molecule has 1 heterocycles. The van der Waals surface area contributed by atoms with Gasteiger partial charge in [-0.15, -0.1) is 11.8 Å². The second kappa shape index (κ2) is 2.24. The summed E-state index contributed by atoms with van der Waals surface area (Å²) in [5.41, 5.74) is 0. The van der Waals surface area contributed by atoms with Gasteiger partial charge in [-0.05, 0) is 18.6 Å². The van der Waals surface area contributed by atoms with Crippen LogP contribution in [-0.4, -0.2) is 16.1 Å². The van der Waals surface area contributed by atoms with E-state index in [2.05, 4.69) is 30.2 Å². The molecule has 9 heavy (non-hydrogen) atoms. The summed E-state index contributed by atoms with van der Waals surface area (Å²) in [6.07, 6.45) is 8.38. The summed E-state index contributed by atoms with van der Waals surface area (Å²) in [6, 6.07) is 0. The van der Waals surface area contributed by atoms with Crippen molar-refractivity contribution in [2.24, 2.45) is 5.92 Å². The lowest BCUT2D eigenvalue weighted by atomic mass is 10.2. The zero-order chi connectivity index (χ0) is 6.27. The van der Waals surface area contributed by atoms with Gasteiger partial charge in [0, 0.05) is 5.25 Å². The maximum absolute atomic E-state index is 2.39. The van der Waals surface area contributed by atoms with Crippen LogP contribution in [0.4, 0.5) is 0 Å². The molecule has 0 N–H and O–H groups in total. The van der Waals surface area contributed by atoms with Crippen molar-refractivity contribution in [2.45, 2.75) is 16.3 Å². The molecule has 1 aliphatic heterocycles. The van der Waals surface area contributed by atoms with Crippen molar-refractivity contribution >= 4 is 23.5 Å². The molecule has 2 bridgehead atoms. The summed E-state index contributed by atoms with van der Waals surface area (Å²) >= 11 is 4.14. The van der Waals surface area contributed by atoms with Crippen LogP contribution in [-0.2, 0) is 0 Å². The predicted octanol–water partition coefficient (Wildman–Crippen LogP) is 2.37. The molecule has 1 aliphatic carbocycles. The number of thioether (sulfide) groups is 2. The molecular formula is C7H10S2. The van der Waals surface area contributed by atoms with E-state index in [1.54, 1.807) is 0 Å². The highest BCUT2D eigenvalue weighted by atomic mass is 32.2. The molecule has 3 atom stereocenters. The Morgan fingerprint density at radius 2 is 2.44 bits per heavy atom. The third-order valence-corrected chi connectivity index (χ3v) is 5.01. The van der Waals surface area contributed by atoms with Gasteiger partial charge >= 0.3 is 0 Å². The molecule has 0 aromatic heterocycles. The zero-order valence-corrected chi connectivity index (χ0v) is 7.04. The molecule has 0 amide bonds. The smallest absolute Gasteiger partial charge is 0.0568 e. The monoisotopic (exact) mass is 158 g/mol. The van der Waals surface area contributed by atoms with E-state index in [0.29, 0.717) is 0 Å². The molecule has 1 saturated heterocycles. The van der Waals surface area contributed by atoms with Gasteiger partial charge in [-0.1, -0.05) is 12.2 Å². The predicted molar refractivity (Wildman–Crippen MR) is 45.9 cm³/mol. The number of hydrogen-bond donors (Lipinski definition) is 0. The van der Waals surface area contributed by atoms with Crippen LogP contribution in [0, 0.1) is 5.92 Å². The van der Waals surface area contributed by atoms with Gasteiger partial charge in [0.2, 0.25) is 0 Å². The summed E-state index contributed by atoms with van der Waals surface area (Å²) in [4.78, 5) is 0. The minimum Gasteiger partial charge on any atom is -0.150 e. The number of fused-ring (bicyclic) bond motifs is 2. The minimum atomic E-state index is 0.868. The third kappa shape index (κ3) is 0.926. The van der Waals surface area contributed by atoms with Crippen LogP contribution >= 0.6 is 23.5 Å². The average Bonchev–Trinajstić information content (AvgIpc) is 2.45. The molecule has 1 fully saturated rings. The Bertz CT molecular complexity index is 142. The van der Waals surface area contributed by atoms with Crippen molar-refractivity contribution in [1.29, 1.82) is 0 Å². The lowest BCUT2D eigenvalue weighted by Crippen LogP contribution is -2.02. The first kappa shape index (κ1) is 6.17.